The molecule has 0 aliphatic rings. The molecule has 1 aromatic carbocycles. The quantitative estimate of drug-likeness (QED) is 0.878. The van der Waals surface area contributed by atoms with Gasteiger partial charge in [-0.25, -0.2) is 9.48 Å². The molecule has 5 nitrogen and oxygen atoms in total. The lowest BCUT2D eigenvalue weighted by Crippen LogP contribution is -2.04. The summed E-state index contributed by atoms with van der Waals surface area (Å²) < 4.78 is 2.48. The van der Waals surface area contributed by atoms with E-state index in [1.165, 1.54) is 0 Å². The Kier molecular flexibility index (Phi) is 4.57. The van der Waals surface area contributed by atoms with Gasteiger partial charge in [-0.1, -0.05) is 22.0 Å². The van der Waals surface area contributed by atoms with Gasteiger partial charge in [0.1, 0.15) is 0 Å². The molecule has 1 heterocycles. The summed E-state index contributed by atoms with van der Waals surface area (Å²) in [5.41, 5.74) is 2.50. The summed E-state index contributed by atoms with van der Waals surface area (Å²) in [4.78, 5) is 11.2. The fourth-order valence-electron chi connectivity index (χ4n) is 1.99. The average molecular weight is 339 g/mol. The minimum absolute atomic E-state index is 0.0279. The van der Waals surface area contributed by atoms with Crippen molar-refractivity contribution in [3.63, 3.8) is 0 Å². The highest BCUT2D eigenvalue weighted by atomic mass is 79.9. The summed E-state index contributed by atoms with van der Waals surface area (Å²) in [5, 5.41) is 22.2. The van der Waals surface area contributed by atoms with E-state index < -0.39 is 5.97 Å². The number of rotatable bonds is 5. The van der Waals surface area contributed by atoms with Crippen LogP contribution in [0.5, 0.6) is 0 Å². The molecule has 0 radical (unpaired) electrons. The monoisotopic (exact) mass is 338 g/mol. The summed E-state index contributed by atoms with van der Waals surface area (Å²) >= 11 is 3.40. The van der Waals surface area contributed by atoms with E-state index in [0.29, 0.717) is 18.4 Å². The van der Waals surface area contributed by atoms with E-state index in [4.69, 9.17) is 5.11 Å². The first-order chi connectivity index (χ1) is 9.52. The molecule has 0 bridgehead atoms. The Morgan fingerprint density at radius 2 is 2.20 bits per heavy atom. The Morgan fingerprint density at radius 1 is 1.45 bits per heavy atom. The van der Waals surface area contributed by atoms with Crippen molar-refractivity contribution in [1.82, 2.24) is 9.78 Å². The number of aliphatic hydroxyl groups excluding tert-OH is 1. The van der Waals surface area contributed by atoms with Crippen LogP contribution in [0.4, 0.5) is 0 Å². The van der Waals surface area contributed by atoms with Gasteiger partial charge in [0.25, 0.3) is 0 Å². The number of aliphatic hydroxyl groups is 1. The number of benzene rings is 1. The summed E-state index contributed by atoms with van der Waals surface area (Å²) in [5.74, 6) is -1.05. The molecule has 0 saturated heterocycles. The number of carboxylic acid groups (broad SMARTS) is 1. The fourth-order valence-corrected chi connectivity index (χ4v) is 2.34. The molecular weight excluding hydrogens is 324 g/mol. The van der Waals surface area contributed by atoms with Gasteiger partial charge in [0.2, 0.25) is 0 Å². The van der Waals surface area contributed by atoms with Gasteiger partial charge in [0.05, 0.1) is 5.69 Å². The van der Waals surface area contributed by atoms with E-state index in [0.717, 1.165) is 15.7 Å². The van der Waals surface area contributed by atoms with Crippen LogP contribution >= 0.6 is 15.9 Å². The Balaban J connectivity index is 2.47. The number of aromatic carboxylic acids is 1. The summed E-state index contributed by atoms with van der Waals surface area (Å²) in [7, 11) is 0. The first-order valence-corrected chi connectivity index (χ1v) is 7.01. The Hall–Kier alpha value is -1.66. The van der Waals surface area contributed by atoms with Crippen molar-refractivity contribution in [3.8, 4) is 5.69 Å². The SMILES string of the molecule is Cc1ccc(Br)cc1-n1cc(CCCO)c(C(=O)O)n1. The summed E-state index contributed by atoms with van der Waals surface area (Å²) in [6.07, 6.45) is 2.72. The lowest BCUT2D eigenvalue weighted by molar-refractivity contribution is 0.0688. The lowest BCUT2D eigenvalue weighted by Gasteiger charge is -2.06. The molecule has 0 aliphatic heterocycles. The smallest absolute Gasteiger partial charge is 0.356 e. The van der Waals surface area contributed by atoms with Crippen LogP contribution in [-0.2, 0) is 6.42 Å². The van der Waals surface area contributed by atoms with Crippen molar-refractivity contribution in [3.05, 3.63) is 45.7 Å². The second-order valence-electron chi connectivity index (χ2n) is 4.51. The molecule has 0 amide bonds. The molecule has 0 fully saturated rings. The average Bonchev–Trinajstić information content (AvgIpc) is 2.83. The van der Waals surface area contributed by atoms with Crippen molar-refractivity contribution < 1.29 is 15.0 Å². The second kappa shape index (κ2) is 6.19. The van der Waals surface area contributed by atoms with Crippen LogP contribution in [0, 0.1) is 6.92 Å². The number of nitrogens with zero attached hydrogens (tertiary/aromatic N) is 2. The molecule has 0 atom stereocenters. The molecule has 0 unspecified atom stereocenters. The second-order valence-corrected chi connectivity index (χ2v) is 5.43. The predicted octanol–water partition coefficient (Wildman–Crippen LogP) is 2.57. The van der Waals surface area contributed by atoms with E-state index in [9.17, 15) is 9.90 Å². The van der Waals surface area contributed by atoms with Crippen LogP contribution in [0.1, 0.15) is 28.0 Å². The number of hydrogen-bond acceptors (Lipinski definition) is 3. The minimum Gasteiger partial charge on any atom is -0.476 e. The van der Waals surface area contributed by atoms with Gasteiger partial charge in [-0.3, -0.25) is 0 Å². The van der Waals surface area contributed by atoms with Crippen LogP contribution in [0.25, 0.3) is 5.69 Å². The highest BCUT2D eigenvalue weighted by Gasteiger charge is 2.16. The lowest BCUT2D eigenvalue weighted by atomic mass is 10.1. The molecule has 0 spiro atoms. The maximum atomic E-state index is 11.2. The highest BCUT2D eigenvalue weighted by Crippen LogP contribution is 2.21. The zero-order chi connectivity index (χ0) is 14.7. The fraction of sp³-hybridized carbons (Fsp3) is 0.286. The zero-order valence-electron chi connectivity index (χ0n) is 11.0. The summed E-state index contributed by atoms with van der Waals surface area (Å²) in [6, 6.07) is 5.76. The van der Waals surface area contributed by atoms with Crippen LogP contribution in [0.15, 0.2) is 28.9 Å². The van der Waals surface area contributed by atoms with Gasteiger partial charge in [0.15, 0.2) is 5.69 Å². The molecule has 1 aromatic heterocycles. The maximum absolute atomic E-state index is 11.2. The number of aryl methyl sites for hydroxylation is 2. The third-order valence-corrected chi connectivity index (χ3v) is 3.51. The first kappa shape index (κ1) is 14.7. The molecule has 6 heteroatoms. The van der Waals surface area contributed by atoms with Crippen molar-refractivity contribution in [2.45, 2.75) is 19.8 Å². The Labute approximate surface area is 125 Å². The van der Waals surface area contributed by atoms with Crippen LogP contribution in [0.2, 0.25) is 0 Å². The Morgan fingerprint density at radius 3 is 2.85 bits per heavy atom. The summed E-state index contributed by atoms with van der Waals surface area (Å²) in [6.45, 7) is 1.97. The van der Waals surface area contributed by atoms with E-state index in [1.807, 2.05) is 25.1 Å². The van der Waals surface area contributed by atoms with E-state index in [-0.39, 0.29) is 12.3 Å². The van der Waals surface area contributed by atoms with Gasteiger partial charge >= 0.3 is 5.97 Å². The number of halogens is 1. The molecular formula is C14H15BrN2O3. The molecule has 106 valence electrons. The van der Waals surface area contributed by atoms with E-state index in [1.54, 1.807) is 10.9 Å². The number of hydrogen-bond donors (Lipinski definition) is 2. The van der Waals surface area contributed by atoms with Crippen molar-refractivity contribution in [1.29, 1.82) is 0 Å². The molecule has 0 aliphatic carbocycles. The molecule has 2 aromatic rings. The van der Waals surface area contributed by atoms with Gasteiger partial charge in [-0.05, 0) is 37.5 Å². The largest absolute Gasteiger partial charge is 0.476 e. The topological polar surface area (TPSA) is 75.4 Å². The van der Waals surface area contributed by atoms with Gasteiger partial charge < -0.3 is 10.2 Å². The van der Waals surface area contributed by atoms with Gasteiger partial charge in [-0.2, -0.15) is 5.10 Å². The van der Waals surface area contributed by atoms with E-state index >= 15 is 0 Å². The van der Waals surface area contributed by atoms with E-state index in [2.05, 4.69) is 21.0 Å². The zero-order valence-corrected chi connectivity index (χ0v) is 12.6. The number of carboxylic acids is 1. The predicted molar refractivity (Wildman–Crippen MR) is 78.4 cm³/mol. The number of aromatic nitrogens is 2. The molecule has 2 N–H and O–H groups in total. The van der Waals surface area contributed by atoms with Crippen LogP contribution in [0.3, 0.4) is 0 Å². The van der Waals surface area contributed by atoms with Crippen LogP contribution < -0.4 is 0 Å². The molecule has 0 saturated carbocycles. The highest BCUT2D eigenvalue weighted by molar-refractivity contribution is 9.10. The van der Waals surface area contributed by atoms with Gasteiger partial charge in [0, 0.05) is 22.8 Å². The first-order valence-electron chi connectivity index (χ1n) is 6.22. The Bertz CT molecular complexity index is 637. The standard InChI is InChI=1S/C14H15BrN2O3/c1-9-4-5-11(15)7-12(9)17-8-10(3-2-6-18)13(16-17)14(19)20/h4-5,7-8,18H,2-3,6H2,1H3,(H,19,20). The third kappa shape index (κ3) is 3.08. The normalized spacial score (nSPS) is 10.8. The molecule has 2 rings (SSSR count). The van der Waals surface area contributed by atoms with Crippen molar-refractivity contribution >= 4 is 21.9 Å². The van der Waals surface area contributed by atoms with Crippen molar-refractivity contribution in [2.24, 2.45) is 0 Å². The minimum atomic E-state index is -1.05. The maximum Gasteiger partial charge on any atom is 0.356 e. The molecule has 20 heavy (non-hydrogen) atoms. The number of carbonyl (C=O) groups is 1. The van der Waals surface area contributed by atoms with Crippen LogP contribution in [-0.4, -0.2) is 32.6 Å². The third-order valence-electron chi connectivity index (χ3n) is 3.01. The van der Waals surface area contributed by atoms with Gasteiger partial charge in [-0.15, -0.1) is 0 Å². The van der Waals surface area contributed by atoms with Crippen molar-refractivity contribution in [2.75, 3.05) is 6.61 Å².